The van der Waals surface area contributed by atoms with Gasteiger partial charge in [-0.15, -0.1) is 0 Å². The Morgan fingerprint density at radius 1 is 1.27 bits per heavy atom. The second-order valence-electron chi connectivity index (χ2n) is 2.14. The predicted molar refractivity (Wildman–Crippen MR) is 40.7 cm³/mol. The van der Waals surface area contributed by atoms with Gasteiger partial charge in [-0.1, -0.05) is 0 Å². The van der Waals surface area contributed by atoms with Gasteiger partial charge < -0.3 is 10.6 Å². The lowest BCUT2D eigenvalue weighted by Gasteiger charge is -1.95. The van der Waals surface area contributed by atoms with Gasteiger partial charge in [0.05, 0.1) is 11.7 Å². The van der Waals surface area contributed by atoms with Gasteiger partial charge in [-0.25, -0.2) is 0 Å². The second-order valence-corrected chi connectivity index (χ2v) is 2.67. The molecule has 0 aromatic carbocycles. The molecule has 1 aliphatic heterocycles. The maximum atomic E-state index is 11.1. The van der Waals surface area contributed by atoms with Gasteiger partial charge in [0.15, 0.2) is 11.5 Å². The first-order valence-corrected chi connectivity index (χ1v) is 3.95. The summed E-state index contributed by atoms with van der Waals surface area (Å²) in [4.78, 5) is 11.1. The van der Waals surface area contributed by atoms with Crippen molar-refractivity contribution in [3.63, 3.8) is 0 Å². The fourth-order valence-electron chi connectivity index (χ4n) is 0.894. The molecule has 1 aliphatic rings. The van der Waals surface area contributed by atoms with Gasteiger partial charge in [-0.3, -0.25) is 4.79 Å². The molecule has 5 nitrogen and oxygen atoms in total. The summed E-state index contributed by atoms with van der Waals surface area (Å²) < 4.78 is 7.78. The molecule has 1 aromatic rings. The number of aromatic nitrogens is 2. The third-order valence-corrected chi connectivity index (χ3v) is 1.94. The lowest BCUT2D eigenvalue weighted by atomic mass is 10.4. The van der Waals surface area contributed by atoms with Crippen LogP contribution in [-0.4, -0.2) is 27.7 Å². The molecule has 2 rings (SSSR count). The summed E-state index contributed by atoms with van der Waals surface area (Å²) in [5.74, 6) is 0.462. The number of carbonyl (C=O) groups excluding carboxylic acids is 1. The minimum atomic E-state index is -0.140. The van der Waals surface area contributed by atoms with Crippen molar-refractivity contribution in [3.05, 3.63) is 5.69 Å². The number of fused-ring (bicyclic) bond motifs is 1. The minimum absolute atomic E-state index is 0.140. The standard InChI is InChI=1S/C5H6N4OS/c10-5-3-4(9-11-8-3)6-1-2-7-5/h1-2H2,(H,6,9)(H,7,10). The molecular formula is C5H6N4OS. The summed E-state index contributed by atoms with van der Waals surface area (Å²) in [6.45, 7) is 1.34. The molecule has 1 amide bonds. The van der Waals surface area contributed by atoms with E-state index >= 15 is 0 Å². The van der Waals surface area contributed by atoms with E-state index in [2.05, 4.69) is 19.4 Å². The average molecular weight is 170 g/mol. The zero-order chi connectivity index (χ0) is 7.68. The maximum absolute atomic E-state index is 11.1. The van der Waals surface area contributed by atoms with Crippen LogP contribution in [0.5, 0.6) is 0 Å². The summed E-state index contributed by atoms with van der Waals surface area (Å²) in [6.07, 6.45) is 0. The van der Waals surface area contributed by atoms with Crippen LogP contribution in [0.3, 0.4) is 0 Å². The minimum Gasteiger partial charge on any atom is -0.365 e. The summed E-state index contributed by atoms with van der Waals surface area (Å²) in [7, 11) is 0. The molecule has 2 heterocycles. The Balaban J connectivity index is 2.41. The molecule has 6 heteroatoms. The summed E-state index contributed by atoms with van der Waals surface area (Å²) in [6, 6.07) is 0. The van der Waals surface area contributed by atoms with E-state index < -0.39 is 0 Å². The van der Waals surface area contributed by atoms with Gasteiger partial charge in [0, 0.05) is 13.1 Å². The van der Waals surface area contributed by atoms with Crippen molar-refractivity contribution >= 4 is 23.5 Å². The molecule has 0 unspecified atom stereocenters. The van der Waals surface area contributed by atoms with Crippen molar-refractivity contribution in [3.8, 4) is 0 Å². The monoisotopic (exact) mass is 170 g/mol. The first-order valence-electron chi connectivity index (χ1n) is 3.22. The largest absolute Gasteiger partial charge is 0.365 e. The first kappa shape index (κ1) is 6.53. The molecule has 0 saturated heterocycles. The van der Waals surface area contributed by atoms with Crippen LogP contribution in [0, 0.1) is 0 Å². The molecule has 11 heavy (non-hydrogen) atoms. The van der Waals surface area contributed by atoms with Crippen molar-refractivity contribution in [1.82, 2.24) is 14.1 Å². The maximum Gasteiger partial charge on any atom is 0.274 e. The molecular weight excluding hydrogens is 164 g/mol. The summed E-state index contributed by atoms with van der Waals surface area (Å²) in [5, 5.41) is 5.68. The summed E-state index contributed by atoms with van der Waals surface area (Å²) in [5.41, 5.74) is 0.410. The van der Waals surface area contributed by atoms with Crippen LogP contribution in [0.15, 0.2) is 0 Å². The summed E-state index contributed by atoms with van der Waals surface area (Å²) >= 11 is 1.05. The van der Waals surface area contributed by atoms with Gasteiger partial charge in [0.25, 0.3) is 5.91 Å². The SMILES string of the molecule is O=C1NCCNc2nsnc21. The fourth-order valence-corrected chi connectivity index (χ4v) is 1.42. The van der Waals surface area contributed by atoms with E-state index in [0.29, 0.717) is 24.6 Å². The third kappa shape index (κ3) is 1.05. The number of carbonyl (C=O) groups is 1. The van der Waals surface area contributed by atoms with Gasteiger partial charge in [0.1, 0.15) is 0 Å². The van der Waals surface area contributed by atoms with E-state index in [1.807, 2.05) is 0 Å². The lowest BCUT2D eigenvalue weighted by Crippen LogP contribution is -2.24. The van der Waals surface area contributed by atoms with Crippen LogP contribution in [0.1, 0.15) is 10.5 Å². The Hall–Kier alpha value is -1.17. The molecule has 0 bridgehead atoms. The van der Waals surface area contributed by atoms with E-state index in [4.69, 9.17) is 0 Å². The Bertz CT molecular complexity index is 284. The highest BCUT2D eigenvalue weighted by Gasteiger charge is 2.18. The van der Waals surface area contributed by atoms with Crippen LogP contribution >= 0.6 is 11.7 Å². The highest BCUT2D eigenvalue weighted by Crippen LogP contribution is 2.12. The molecule has 0 fully saturated rings. The number of anilines is 1. The highest BCUT2D eigenvalue weighted by atomic mass is 32.1. The van der Waals surface area contributed by atoms with Crippen LogP contribution in [0.25, 0.3) is 0 Å². The van der Waals surface area contributed by atoms with Crippen LogP contribution in [-0.2, 0) is 0 Å². The highest BCUT2D eigenvalue weighted by molar-refractivity contribution is 6.99. The molecule has 2 N–H and O–H groups in total. The van der Waals surface area contributed by atoms with E-state index in [0.717, 1.165) is 11.7 Å². The average Bonchev–Trinajstić information content (AvgIpc) is 2.40. The normalized spacial score (nSPS) is 16.2. The van der Waals surface area contributed by atoms with Crippen molar-refractivity contribution in [2.75, 3.05) is 18.4 Å². The van der Waals surface area contributed by atoms with Crippen molar-refractivity contribution in [1.29, 1.82) is 0 Å². The molecule has 0 atom stereocenters. The Morgan fingerprint density at radius 3 is 3.00 bits per heavy atom. The first-order chi connectivity index (χ1) is 5.38. The zero-order valence-electron chi connectivity index (χ0n) is 5.63. The van der Waals surface area contributed by atoms with Crippen molar-refractivity contribution in [2.45, 2.75) is 0 Å². The molecule has 0 aliphatic carbocycles. The van der Waals surface area contributed by atoms with Crippen LogP contribution < -0.4 is 10.6 Å². The lowest BCUT2D eigenvalue weighted by molar-refractivity contribution is 0.0954. The van der Waals surface area contributed by atoms with Gasteiger partial charge in [0.2, 0.25) is 0 Å². The number of nitrogens with zero attached hydrogens (tertiary/aromatic N) is 2. The smallest absolute Gasteiger partial charge is 0.274 e. The van der Waals surface area contributed by atoms with Gasteiger partial charge in [-0.05, 0) is 0 Å². The number of rotatable bonds is 0. The molecule has 0 saturated carbocycles. The van der Waals surface area contributed by atoms with E-state index in [1.54, 1.807) is 0 Å². The number of amides is 1. The molecule has 0 radical (unpaired) electrons. The zero-order valence-corrected chi connectivity index (χ0v) is 6.44. The van der Waals surface area contributed by atoms with E-state index in [1.165, 1.54) is 0 Å². The van der Waals surface area contributed by atoms with Gasteiger partial charge in [-0.2, -0.15) is 8.75 Å². The Labute approximate surface area is 67.1 Å². The van der Waals surface area contributed by atoms with Crippen LogP contribution in [0.4, 0.5) is 5.82 Å². The third-order valence-electron chi connectivity index (χ3n) is 1.41. The van der Waals surface area contributed by atoms with E-state index in [-0.39, 0.29) is 5.91 Å². The quantitative estimate of drug-likeness (QED) is 0.560. The topological polar surface area (TPSA) is 66.9 Å². The van der Waals surface area contributed by atoms with Gasteiger partial charge >= 0.3 is 0 Å². The molecule has 1 aromatic heterocycles. The second kappa shape index (κ2) is 2.46. The fraction of sp³-hybridized carbons (Fsp3) is 0.400. The molecule has 0 spiro atoms. The predicted octanol–water partition coefficient (Wildman–Crippen LogP) is -0.307. The van der Waals surface area contributed by atoms with Crippen LogP contribution in [0.2, 0.25) is 0 Å². The van der Waals surface area contributed by atoms with E-state index in [9.17, 15) is 4.79 Å². The number of hydrogen-bond acceptors (Lipinski definition) is 5. The Morgan fingerprint density at radius 2 is 2.09 bits per heavy atom. The molecule has 58 valence electrons. The van der Waals surface area contributed by atoms with Crippen molar-refractivity contribution in [2.24, 2.45) is 0 Å². The van der Waals surface area contributed by atoms with Crippen molar-refractivity contribution < 1.29 is 4.79 Å². The number of hydrogen-bond donors (Lipinski definition) is 2. The number of nitrogens with one attached hydrogen (secondary N) is 2. The Kier molecular flexibility index (Phi) is 1.46.